The van der Waals surface area contributed by atoms with Gasteiger partial charge in [-0.2, -0.15) is 0 Å². The minimum absolute atomic E-state index is 0.112. The number of nitrogens with one attached hydrogen (secondary N) is 3. The third-order valence-corrected chi connectivity index (χ3v) is 2.15. The van der Waals surface area contributed by atoms with E-state index in [0.29, 0.717) is 12.4 Å². The smallest absolute Gasteiger partial charge is 0.312 e. The van der Waals surface area contributed by atoms with Gasteiger partial charge < -0.3 is 21.7 Å². The second-order valence-corrected chi connectivity index (χ2v) is 3.63. The average Bonchev–Trinajstić information content (AvgIpc) is 2.36. The maximum absolute atomic E-state index is 13.1. The lowest BCUT2D eigenvalue weighted by Crippen LogP contribution is -2.37. The fraction of sp³-hybridized carbons (Fsp3) is 0.364. The molecule has 1 aromatic heterocycles. The van der Waals surface area contributed by atoms with E-state index in [2.05, 4.69) is 20.9 Å². The predicted molar refractivity (Wildman–Crippen MR) is 68.3 cm³/mol. The van der Waals surface area contributed by atoms with Crippen molar-refractivity contribution >= 4 is 17.8 Å². The highest BCUT2D eigenvalue weighted by Gasteiger charge is 2.13. The number of pyridine rings is 1. The number of carbonyl (C=O) groups excluding carboxylic acids is 2. The van der Waals surface area contributed by atoms with E-state index in [9.17, 15) is 14.0 Å². The highest BCUT2D eigenvalue weighted by atomic mass is 19.1. The fourth-order valence-corrected chi connectivity index (χ4v) is 1.38. The van der Waals surface area contributed by atoms with Crippen LogP contribution in [0.1, 0.15) is 17.3 Å². The van der Waals surface area contributed by atoms with Crippen LogP contribution in [-0.2, 0) is 0 Å². The van der Waals surface area contributed by atoms with Gasteiger partial charge in [0.15, 0.2) is 0 Å². The first-order chi connectivity index (χ1) is 9.04. The molecule has 0 unspecified atom stereocenters. The van der Waals surface area contributed by atoms with Crippen molar-refractivity contribution in [3.8, 4) is 0 Å². The Bertz CT molecular complexity index is 466. The standard InChI is InChI=1S/C11H16FN5O2/c1-2-14-9-8(5-7(12)6-17-9)10(18)15-3-4-16-11(13)19/h5-6H,2-4H2,1H3,(H,14,17)(H,15,18)(H3,13,16,19). The van der Waals surface area contributed by atoms with E-state index in [0.717, 1.165) is 12.3 Å². The number of primary amides is 1. The molecular weight excluding hydrogens is 253 g/mol. The first-order valence-electron chi connectivity index (χ1n) is 5.75. The molecule has 5 N–H and O–H groups in total. The summed E-state index contributed by atoms with van der Waals surface area (Å²) in [6.07, 6.45) is 1.03. The first-order valence-corrected chi connectivity index (χ1v) is 5.75. The number of amides is 3. The Morgan fingerprint density at radius 2 is 2.05 bits per heavy atom. The van der Waals surface area contributed by atoms with Gasteiger partial charge in [0.1, 0.15) is 11.6 Å². The largest absolute Gasteiger partial charge is 0.370 e. The number of carbonyl (C=O) groups is 2. The number of hydrogen-bond donors (Lipinski definition) is 4. The van der Waals surface area contributed by atoms with Gasteiger partial charge in [-0.25, -0.2) is 14.2 Å². The maximum atomic E-state index is 13.1. The van der Waals surface area contributed by atoms with E-state index in [1.807, 2.05) is 6.92 Å². The van der Waals surface area contributed by atoms with Gasteiger partial charge in [-0.15, -0.1) is 0 Å². The molecule has 104 valence electrons. The Balaban J connectivity index is 2.64. The van der Waals surface area contributed by atoms with Crippen LogP contribution in [0.15, 0.2) is 12.3 Å². The number of hydrogen-bond acceptors (Lipinski definition) is 4. The minimum Gasteiger partial charge on any atom is -0.370 e. The van der Waals surface area contributed by atoms with Crippen molar-refractivity contribution in [1.29, 1.82) is 0 Å². The summed E-state index contributed by atoms with van der Waals surface area (Å²) >= 11 is 0. The summed E-state index contributed by atoms with van der Waals surface area (Å²) in [6.45, 7) is 2.77. The molecule has 1 aromatic rings. The molecule has 19 heavy (non-hydrogen) atoms. The van der Waals surface area contributed by atoms with E-state index < -0.39 is 17.8 Å². The Kier molecular flexibility index (Phi) is 5.52. The topological polar surface area (TPSA) is 109 Å². The molecule has 0 aromatic carbocycles. The molecule has 0 saturated carbocycles. The van der Waals surface area contributed by atoms with Crippen molar-refractivity contribution in [2.45, 2.75) is 6.92 Å². The Morgan fingerprint density at radius 1 is 1.37 bits per heavy atom. The number of nitrogens with two attached hydrogens (primary N) is 1. The van der Waals surface area contributed by atoms with E-state index >= 15 is 0 Å². The number of aromatic nitrogens is 1. The summed E-state index contributed by atoms with van der Waals surface area (Å²) in [5, 5.41) is 7.71. The second-order valence-electron chi connectivity index (χ2n) is 3.63. The zero-order valence-corrected chi connectivity index (χ0v) is 10.5. The molecule has 0 atom stereocenters. The van der Waals surface area contributed by atoms with Crippen molar-refractivity contribution in [3.05, 3.63) is 23.6 Å². The van der Waals surface area contributed by atoms with Crippen LogP contribution < -0.4 is 21.7 Å². The zero-order valence-electron chi connectivity index (χ0n) is 10.5. The van der Waals surface area contributed by atoms with E-state index in [1.165, 1.54) is 0 Å². The molecule has 1 heterocycles. The summed E-state index contributed by atoms with van der Waals surface area (Å²) in [6, 6.07) is 0.428. The maximum Gasteiger partial charge on any atom is 0.312 e. The van der Waals surface area contributed by atoms with Gasteiger partial charge in [0.25, 0.3) is 5.91 Å². The molecule has 0 bridgehead atoms. The molecule has 0 spiro atoms. The average molecular weight is 269 g/mol. The Labute approximate surface area is 109 Å². The minimum atomic E-state index is -0.671. The molecule has 0 radical (unpaired) electrons. The van der Waals surface area contributed by atoms with Crippen LogP contribution in [0.5, 0.6) is 0 Å². The monoisotopic (exact) mass is 269 g/mol. The van der Waals surface area contributed by atoms with Crippen LogP contribution in [-0.4, -0.2) is 36.6 Å². The number of urea groups is 1. The summed E-state index contributed by atoms with van der Waals surface area (Å²) in [5.41, 5.74) is 4.98. The van der Waals surface area contributed by atoms with E-state index in [-0.39, 0.29) is 18.7 Å². The number of halogens is 1. The molecule has 1 rings (SSSR count). The molecule has 3 amide bonds. The van der Waals surface area contributed by atoms with Crippen molar-refractivity contribution in [2.24, 2.45) is 5.73 Å². The van der Waals surface area contributed by atoms with Gasteiger partial charge in [0.05, 0.1) is 11.8 Å². The van der Waals surface area contributed by atoms with Gasteiger partial charge in [0.2, 0.25) is 0 Å². The quantitative estimate of drug-likeness (QED) is 0.547. The first kappa shape index (κ1) is 14.7. The Morgan fingerprint density at radius 3 is 2.68 bits per heavy atom. The molecule has 0 fully saturated rings. The lowest BCUT2D eigenvalue weighted by Gasteiger charge is -2.10. The van der Waals surface area contributed by atoms with E-state index in [4.69, 9.17) is 5.73 Å². The fourth-order valence-electron chi connectivity index (χ4n) is 1.38. The van der Waals surface area contributed by atoms with Gasteiger partial charge in [-0.1, -0.05) is 0 Å². The van der Waals surface area contributed by atoms with Gasteiger partial charge >= 0.3 is 6.03 Å². The van der Waals surface area contributed by atoms with Gasteiger partial charge in [-0.05, 0) is 13.0 Å². The molecule has 7 nitrogen and oxygen atoms in total. The lowest BCUT2D eigenvalue weighted by atomic mass is 10.2. The number of rotatable bonds is 6. The number of nitrogens with zero attached hydrogens (tertiary/aromatic N) is 1. The number of anilines is 1. The summed E-state index contributed by atoms with van der Waals surface area (Å²) in [7, 11) is 0. The van der Waals surface area contributed by atoms with Crippen LogP contribution in [0, 0.1) is 5.82 Å². The molecule has 0 aliphatic heterocycles. The highest BCUT2D eigenvalue weighted by Crippen LogP contribution is 2.13. The van der Waals surface area contributed by atoms with Crippen LogP contribution in [0.4, 0.5) is 15.0 Å². The van der Waals surface area contributed by atoms with E-state index in [1.54, 1.807) is 0 Å². The van der Waals surface area contributed by atoms with Gasteiger partial charge in [0, 0.05) is 19.6 Å². The van der Waals surface area contributed by atoms with Crippen LogP contribution >= 0.6 is 0 Å². The molecular formula is C11H16FN5O2. The van der Waals surface area contributed by atoms with Crippen molar-refractivity contribution in [3.63, 3.8) is 0 Å². The molecule has 8 heteroatoms. The van der Waals surface area contributed by atoms with Crippen molar-refractivity contribution < 1.29 is 14.0 Å². The van der Waals surface area contributed by atoms with Crippen molar-refractivity contribution in [2.75, 3.05) is 25.0 Å². The summed E-state index contributed by atoms with van der Waals surface area (Å²) < 4.78 is 13.1. The molecule has 0 aliphatic carbocycles. The molecule has 0 aliphatic rings. The second kappa shape index (κ2) is 7.14. The van der Waals surface area contributed by atoms with Crippen LogP contribution in [0.2, 0.25) is 0 Å². The zero-order chi connectivity index (χ0) is 14.3. The highest BCUT2D eigenvalue weighted by molar-refractivity contribution is 5.98. The van der Waals surface area contributed by atoms with Crippen molar-refractivity contribution in [1.82, 2.24) is 15.6 Å². The predicted octanol–water partition coefficient (Wildman–Crippen LogP) is 0.0506. The summed E-state index contributed by atoms with van der Waals surface area (Å²) in [5.74, 6) is -0.763. The third kappa shape index (κ3) is 4.78. The molecule has 0 saturated heterocycles. The van der Waals surface area contributed by atoms with Crippen LogP contribution in [0.25, 0.3) is 0 Å². The lowest BCUT2D eigenvalue weighted by molar-refractivity contribution is 0.0954. The summed E-state index contributed by atoms with van der Waals surface area (Å²) in [4.78, 5) is 26.1. The van der Waals surface area contributed by atoms with Gasteiger partial charge in [-0.3, -0.25) is 4.79 Å². The Hall–Kier alpha value is -2.38. The third-order valence-electron chi connectivity index (χ3n) is 2.15. The normalized spacial score (nSPS) is 9.79. The van der Waals surface area contributed by atoms with Crippen LogP contribution in [0.3, 0.4) is 0 Å². The SMILES string of the molecule is CCNc1ncc(F)cc1C(=O)NCCNC(N)=O.